The Morgan fingerprint density at radius 3 is 2.66 bits per heavy atom. The molecule has 2 aromatic carbocycles. The van der Waals surface area contributed by atoms with Crippen LogP contribution >= 0.6 is 0 Å². The molecule has 5 rings (SSSR count). The largest absolute Gasteiger partial charge is 0.442 e. The van der Waals surface area contributed by atoms with E-state index in [1.165, 1.54) is 12.5 Å². The van der Waals surface area contributed by atoms with Gasteiger partial charge in [-0.3, -0.25) is 19.7 Å². The highest BCUT2D eigenvalue weighted by Gasteiger charge is 2.30. The van der Waals surface area contributed by atoms with Crippen LogP contribution in [0.5, 0.6) is 0 Å². The fourth-order valence-corrected chi connectivity index (χ4v) is 4.64. The second-order valence-corrected chi connectivity index (χ2v) is 14.1. The summed E-state index contributed by atoms with van der Waals surface area (Å²) in [6, 6.07) is 12.2. The zero-order chi connectivity index (χ0) is 24.7. The summed E-state index contributed by atoms with van der Waals surface area (Å²) < 4.78 is 7.50. The van der Waals surface area contributed by atoms with Crippen molar-refractivity contribution >= 4 is 19.5 Å². The summed E-state index contributed by atoms with van der Waals surface area (Å²) in [5.41, 5.74) is 8.27. The molecule has 1 aliphatic rings. The first-order valence-corrected chi connectivity index (χ1v) is 14.7. The van der Waals surface area contributed by atoms with E-state index in [0.29, 0.717) is 22.7 Å². The van der Waals surface area contributed by atoms with Crippen LogP contribution in [-0.2, 0) is 0 Å². The van der Waals surface area contributed by atoms with E-state index in [9.17, 15) is 10.1 Å². The predicted octanol–water partition coefficient (Wildman–Crippen LogP) is 5.58. The van der Waals surface area contributed by atoms with Gasteiger partial charge in [0.15, 0.2) is 12.2 Å². The second kappa shape index (κ2) is 8.49. The lowest BCUT2D eigenvalue weighted by Gasteiger charge is -2.13. The Balaban J connectivity index is 1.80. The number of aliphatic imine (C=N–C) groups is 1. The lowest BCUT2D eigenvalue weighted by atomic mass is 9.97. The van der Waals surface area contributed by atoms with Crippen molar-refractivity contribution in [3.05, 3.63) is 93.9 Å². The molecule has 4 aromatic rings. The van der Waals surface area contributed by atoms with Gasteiger partial charge in [0.25, 0.3) is 5.69 Å². The number of nitro groups is 1. The van der Waals surface area contributed by atoms with E-state index in [2.05, 4.69) is 41.1 Å². The zero-order valence-corrected chi connectivity index (χ0v) is 20.8. The van der Waals surface area contributed by atoms with Gasteiger partial charge >= 0.3 is 0 Å². The van der Waals surface area contributed by atoms with Crippen LogP contribution in [0.3, 0.4) is 0 Å². The third-order valence-corrected chi connectivity index (χ3v) is 6.51. The minimum Gasteiger partial charge on any atom is -0.442 e. The quantitative estimate of drug-likeness (QED) is 0.165. The van der Waals surface area contributed by atoms with Crippen LogP contribution in [-0.4, -0.2) is 33.2 Å². The average Bonchev–Trinajstić information content (AvgIpc) is 3.48. The van der Waals surface area contributed by atoms with Crippen molar-refractivity contribution in [2.24, 2.45) is 4.99 Å². The topological polar surface area (TPSA) is 99.3 Å². The molecule has 0 spiro atoms. The van der Waals surface area contributed by atoms with Crippen LogP contribution in [0.4, 0.5) is 5.69 Å². The number of hydrogen-bond acceptors (Lipinski definition) is 6. The molecule has 2 aromatic heterocycles. The molecule has 0 unspecified atom stereocenters. The molecule has 0 fully saturated rings. The normalized spacial score (nSPS) is 14.7. The zero-order valence-electron chi connectivity index (χ0n) is 19.8. The van der Waals surface area contributed by atoms with Gasteiger partial charge in [0.2, 0.25) is 0 Å². The first kappa shape index (κ1) is 22.5. The lowest BCUT2D eigenvalue weighted by molar-refractivity contribution is -0.385. The van der Waals surface area contributed by atoms with Crippen molar-refractivity contribution in [1.82, 2.24) is 14.5 Å². The maximum atomic E-state index is 11.9. The van der Waals surface area contributed by atoms with Gasteiger partial charge in [-0.15, -0.1) is 5.54 Å². The van der Waals surface area contributed by atoms with Gasteiger partial charge in [0.05, 0.1) is 39.8 Å². The molecular formula is C26H23N5O3Si. The van der Waals surface area contributed by atoms with Crippen molar-refractivity contribution in [1.29, 1.82) is 0 Å². The number of benzene rings is 2. The van der Waals surface area contributed by atoms with Gasteiger partial charge in [-0.05, 0) is 31.2 Å². The molecule has 9 heteroatoms. The Hall–Kier alpha value is -4.29. The van der Waals surface area contributed by atoms with Crippen LogP contribution < -0.4 is 0 Å². The minimum atomic E-state index is -1.60. The molecule has 1 atom stereocenters. The molecule has 1 aliphatic heterocycles. The van der Waals surface area contributed by atoms with Gasteiger partial charge in [-0.1, -0.05) is 37.7 Å². The standard InChI is InChI=1S/C26H23N5O3Si/c1-17-26-25(23-14-27-16-34-23)28-15-30(26)21-10-9-18(11-12-35(2,3)4)13-20(21)24(29-17)19-7-5-6-8-22(19)31(32)33/h5-10,13-17H,1-4H3/t17-/m1/s1. The molecule has 0 saturated heterocycles. The van der Waals surface area contributed by atoms with Crippen molar-refractivity contribution in [3.8, 4) is 28.6 Å². The molecule has 0 N–H and O–H groups in total. The number of nitrogens with zero attached hydrogens (tertiary/aromatic N) is 5. The van der Waals surface area contributed by atoms with Crippen molar-refractivity contribution in [2.75, 3.05) is 0 Å². The molecule has 0 aliphatic carbocycles. The minimum absolute atomic E-state index is 0.00292. The van der Waals surface area contributed by atoms with Crippen molar-refractivity contribution in [2.45, 2.75) is 32.6 Å². The third kappa shape index (κ3) is 4.20. The summed E-state index contributed by atoms with van der Waals surface area (Å²) in [7, 11) is -1.60. The number of imidazole rings is 1. The maximum absolute atomic E-state index is 11.9. The molecule has 3 heterocycles. The number of hydrogen-bond donors (Lipinski definition) is 0. The van der Waals surface area contributed by atoms with Crippen LogP contribution in [0.25, 0.3) is 17.1 Å². The number of para-hydroxylation sites is 1. The molecular weight excluding hydrogens is 458 g/mol. The Morgan fingerprint density at radius 2 is 1.94 bits per heavy atom. The van der Waals surface area contributed by atoms with Crippen LogP contribution in [0, 0.1) is 21.6 Å². The Kier molecular flexibility index (Phi) is 5.46. The highest BCUT2D eigenvalue weighted by molar-refractivity contribution is 6.83. The molecule has 0 radical (unpaired) electrons. The van der Waals surface area contributed by atoms with E-state index in [-0.39, 0.29) is 16.7 Å². The number of rotatable bonds is 3. The third-order valence-electron chi connectivity index (χ3n) is 5.64. The van der Waals surface area contributed by atoms with Crippen LogP contribution in [0.15, 0.2) is 70.8 Å². The van der Waals surface area contributed by atoms with E-state index in [4.69, 9.17) is 9.41 Å². The van der Waals surface area contributed by atoms with E-state index in [1.54, 1.807) is 30.7 Å². The highest BCUT2D eigenvalue weighted by atomic mass is 28.3. The summed E-state index contributed by atoms with van der Waals surface area (Å²) in [6.07, 6.45) is 4.71. The highest BCUT2D eigenvalue weighted by Crippen LogP contribution is 2.37. The summed E-state index contributed by atoms with van der Waals surface area (Å²) >= 11 is 0. The van der Waals surface area contributed by atoms with Crippen molar-refractivity contribution in [3.63, 3.8) is 0 Å². The second-order valence-electron chi connectivity index (χ2n) is 9.37. The van der Waals surface area contributed by atoms with Gasteiger partial charge in [-0.2, -0.15) is 0 Å². The maximum Gasteiger partial charge on any atom is 0.278 e. The molecule has 35 heavy (non-hydrogen) atoms. The SMILES string of the molecule is C[C@H]1N=C(c2ccccc2[N+](=O)[O-])c2cc(C#C[Si](C)(C)C)ccc2-n2cnc(-c3cnco3)c21. The molecule has 8 nitrogen and oxygen atoms in total. The molecule has 174 valence electrons. The van der Waals surface area contributed by atoms with Crippen molar-refractivity contribution < 1.29 is 9.34 Å². The van der Waals surface area contributed by atoms with Gasteiger partial charge in [0, 0.05) is 17.2 Å². The Labute approximate surface area is 203 Å². The molecule has 0 bridgehead atoms. The van der Waals surface area contributed by atoms with E-state index < -0.39 is 8.07 Å². The van der Waals surface area contributed by atoms with Gasteiger partial charge in [-0.25, -0.2) is 9.97 Å². The van der Waals surface area contributed by atoms with E-state index >= 15 is 0 Å². The number of aromatic nitrogens is 3. The van der Waals surface area contributed by atoms with E-state index in [0.717, 1.165) is 22.5 Å². The summed E-state index contributed by atoms with van der Waals surface area (Å²) in [5, 5.41) is 11.9. The average molecular weight is 482 g/mol. The molecule has 0 saturated carbocycles. The predicted molar refractivity (Wildman–Crippen MR) is 136 cm³/mol. The van der Waals surface area contributed by atoms with Crippen LogP contribution in [0.2, 0.25) is 19.6 Å². The Morgan fingerprint density at radius 1 is 1.14 bits per heavy atom. The molecule has 0 amide bonds. The number of fused-ring (bicyclic) bond motifs is 3. The first-order valence-electron chi connectivity index (χ1n) is 11.2. The monoisotopic (exact) mass is 481 g/mol. The summed E-state index contributed by atoms with van der Waals surface area (Å²) in [5.74, 6) is 3.84. The van der Waals surface area contributed by atoms with E-state index in [1.807, 2.05) is 29.7 Å². The lowest BCUT2D eigenvalue weighted by Crippen LogP contribution is -2.16. The smallest absolute Gasteiger partial charge is 0.278 e. The van der Waals surface area contributed by atoms with Crippen LogP contribution in [0.1, 0.15) is 35.3 Å². The summed E-state index contributed by atoms with van der Waals surface area (Å²) in [6.45, 7) is 8.51. The first-order chi connectivity index (χ1) is 16.7. The Bertz CT molecular complexity index is 1540. The number of nitro benzene ring substituents is 1. The fraction of sp³-hybridized carbons (Fsp3) is 0.192. The number of oxazole rings is 1. The summed E-state index contributed by atoms with van der Waals surface area (Å²) in [4.78, 5) is 25.2. The van der Waals surface area contributed by atoms with Gasteiger partial charge < -0.3 is 4.42 Å². The van der Waals surface area contributed by atoms with Gasteiger partial charge in [0.1, 0.15) is 20.1 Å². The fourth-order valence-electron chi connectivity index (χ4n) is 4.12.